The Morgan fingerprint density at radius 2 is 1.88 bits per heavy atom. The second-order valence-electron chi connectivity index (χ2n) is 8.28. The van der Waals surface area contributed by atoms with Gasteiger partial charge in [-0.05, 0) is 49.9 Å². The van der Waals surface area contributed by atoms with Crippen LogP contribution in [-0.4, -0.2) is 46.3 Å². The molecule has 8 nitrogen and oxygen atoms in total. The molecule has 1 fully saturated rings. The highest BCUT2D eigenvalue weighted by atomic mass is 32.2. The number of nitrogens with zero attached hydrogens (tertiary/aromatic N) is 2. The Morgan fingerprint density at radius 1 is 1.12 bits per heavy atom. The van der Waals surface area contributed by atoms with Crippen molar-refractivity contribution in [1.82, 2.24) is 9.47 Å². The second-order valence-corrected chi connectivity index (χ2v) is 9.27. The summed E-state index contributed by atoms with van der Waals surface area (Å²) in [5, 5.41) is 3.24. The zero-order chi connectivity index (χ0) is 23.8. The number of benzene rings is 2. The first-order chi connectivity index (χ1) is 16.4. The lowest BCUT2D eigenvalue weighted by Crippen LogP contribution is -2.36. The number of carbonyl (C=O) groups is 3. The number of carbonyl (C=O) groups excluding carboxylic acids is 3. The monoisotopic (exact) mass is 477 g/mol. The lowest BCUT2D eigenvalue weighted by atomic mass is 10.1. The molecule has 1 saturated heterocycles. The highest BCUT2D eigenvalue weighted by molar-refractivity contribution is 8.18. The van der Waals surface area contributed by atoms with E-state index in [-0.39, 0.29) is 12.6 Å². The Labute approximate surface area is 200 Å². The fourth-order valence-corrected chi connectivity index (χ4v) is 4.85. The largest absolute Gasteiger partial charge is 0.486 e. The van der Waals surface area contributed by atoms with E-state index in [9.17, 15) is 14.4 Å². The van der Waals surface area contributed by atoms with E-state index in [0.29, 0.717) is 35.3 Å². The molecule has 3 heterocycles. The van der Waals surface area contributed by atoms with E-state index in [4.69, 9.17) is 9.47 Å². The quantitative estimate of drug-likeness (QED) is 0.537. The standard InChI is InChI=1S/C25H23N3O5S/c1-15(2)27-13-16(18-5-3-4-6-19(18)27)11-22-24(30)28(25(31)34-22)14-23(29)26-17-7-8-20-21(12-17)33-10-9-32-20/h3-8,11-13,15H,9-10,14H2,1-2H3,(H,26,29)/b22-11+. The third-order valence-electron chi connectivity index (χ3n) is 5.62. The van der Waals surface area contributed by atoms with Crippen LogP contribution in [0.15, 0.2) is 53.6 Å². The van der Waals surface area contributed by atoms with Crippen LogP contribution in [0.1, 0.15) is 25.5 Å². The number of fused-ring (bicyclic) bond motifs is 2. The average Bonchev–Trinajstić information content (AvgIpc) is 3.32. The molecule has 174 valence electrons. The summed E-state index contributed by atoms with van der Waals surface area (Å²) < 4.78 is 13.1. The SMILES string of the molecule is CC(C)n1cc(/C=C2/SC(=O)N(CC(=O)Nc3ccc4c(c3)OCCO4)C2=O)c2ccccc21. The van der Waals surface area contributed by atoms with E-state index in [1.807, 2.05) is 30.5 Å². The van der Waals surface area contributed by atoms with Crippen molar-refractivity contribution in [2.75, 3.05) is 25.1 Å². The summed E-state index contributed by atoms with van der Waals surface area (Å²) in [6, 6.07) is 13.2. The highest BCUT2D eigenvalue weighted by Gasteiger charge is 2.36. The minimum Gasteiger partial charge on any atom is -0.486 e. The number of rotatable bonds is 5. The molecule has 0 spiro atoms. The number of nitrogens with one attached hydrogen (secondary N) is 1. The van der Waals surface area contributed by atoms with Crippen molar-refractivity contribution in [1.29, 1.82) is 0 Å². The van der Waals surface area contributed by atoms with Gasteiger partial charge in [0.05, 0.1) is 4.91 Å². The van der Waals surface area contributed by atoms with Gasteiger partial charge in [-0.25, -0.2) is 0 Å². The molecular formula is C25H23N3O5S. The summed E-state index contributed by atoms with van der Waals surface area (Å²) >= 11 is 0.842. The summed E-state index contributed by atoms with van der Waals surface area (Å²) in [6.45, 7) is 4.71. The van der Waals surface area contributed by atoms with Crippen molar-refractivity contribution in [3.8, 4) is 11.5 Å². The maximum absolute atomic E-state index is 13.0. The van der Waals surface area contributed by atoms with Gasteiger partial charge in [0, 0.05) is 40.5 Å². The van der Waals surface area contributed by atoms with Crippen LogP contribution in [0.4, 0.5) is 10.5 Å². The van der Waals surface area contributed by atoms with Gasteiger partial charge >= 0.3 is 0 Å². The second kappa shape index (κ2) is 8.90. The van der Waals surface area contributed by atoms with Crippen LogP contribution in [-0.2, 0) is 9.59 Å². The topological polar surface area (TPSA) is 89.9 Å². The molecule has 1 N–H and O–H groups in total. The summed E-state index contributed by atoms with van der Waals surface area (Å²) in [6.07, 6.45) is 3.71. The first-order valence-electron chi connectivity index (χ1n) is 10.9. The normalized spacial score (nSPS) is 16.7. The molecule has 1 aromatic heterocycles. The van der Waals surface area contributed by atoms with Crippen molar-refractivity contribution < 1.29 is 23.9 Å². The number of para-hydroxylation sites is 1. The molecule has 2 aliphatic heterocycles. The van der Waals surface area contributed by atoms with E-state index in [1.54, 1.807) is 24.3 Å². The van der Waals surface area contributed by atoms with Gasteiger partial charge in [0.1, 0.15) is 19.8 Å². The molecule has 0 radical (unpaired) electrons. The third kappa shape index (κ3) is 4.14. The Balaban J connectivity index is 1.32. The predicted octanol–water partition coefficient (Wildman–Crippen LogP) is 4.67. The molecule has 5 rings (SSSR count). The van der Waals surface area contributed by atoms with Crippen molar-refractivity contribution in [3.05, 3.63) is 59.1 Å². The van der Waals surface area contributed by atoms with E-state index in [1.165, 1.54) is 0 Å². The first-order valence-corrected chi connectivity index (χ1v) is 11.8. The van der Waals surface area contributed by atoms with Crippen LogP contribution in [0.3, 0.4) is 0 Å². The summed E-state index contributed by atoms with van der Waals surface area (Å²) in [7, 11) is 0. The Kier molecular flexibility index (Phi) is 5.79. The lowest BCUT2D eigenvalue weighted by molar-refractivity contribution is -0.127. The van der Waals surface area contributed by atoms with E-state index < -0.39 is 17.1 Å². The number of aromatic nitrogens is 1. The Hall–Kier alpha value is -3.72. The van der Waals surface area contributed by atoms with Gasteiger partial charge in [0.2, 0.25) is 5.91 Å². The predicted molar refractivity (Wildman–Crippen MR) is 131 cm³/mol. The van der Waals surface area contributed by atoms with Crippen LogP contribution in [0.25, 0.3) is 17.0 Å². The van der Waals surface area contributed by atoms with Crippen LogP contribution in [0.5, 0.6) is 11.5 Å². The molecular weight excluding hydrogens is 454 g/mol. The van der Waals surface area contributed by atoms with E-state index >= 15 is 0 Å². The maximum Gasteiger partial charge on any atom is 0.294 e. The number of imide groups is 1. The summed E-state index contributed by atoms with van der Waals surface area (Å²) in [5.41, 5.74) is 2.41. The molecule has 3 aromatic rings. The first kappa shape index (κ1) is 22.1. The van der Waals surface area contributed by atoms with Gasteiger partial charge in [-0.1, -0.05) is 18.2 Å². The Bertz CT molecular complexity index is 1340. The number of hydrogen-bond acceptors (Lipinski definition) is 6. The molecule has 3 amide bonds. The minimum absolute atomic E-state index is 0.242. The average molecular weight is 478 g/mol. The van der Waals surface area contributed by atoms with Gasteiger partial charge < -0.3 is 19.4 Å². The van der Waals surface area contributed by atoms with Crippen molar-refractivity contribution in [2.45, 2.75) is 19.9 Å². The Morgan fingerprint density at radius 3 is 2.68 bits per heavy atom. The molecule has 0 unspecified atom stereocenters. The maximum atomic E-state index is 13.0. The number of amides is 3. The van der Waals surface area contributed by atoms with Gasteiger partial charge in [-0.3, -0.25) is 19.3 Å². The molecule has 0 saturated carbocycles. The zero-order valence-corrected chi connectivity index (χ0v) is 19.6. The zero-order valence-electron chi connectivity index (χ0n) is 18.7. The van der Waals surface area contributed by atoms with E-state index in [0.717, 1.165) is 33.1 Å². The van der Waals surface area contributed by atoms with E-state index in [2.05, 4.69) is 23.7 Å². The fraction of sp³-hybridized carbons (Fsp3) is 0.240. The highest BCUT2D eigenvalue weighted by Crippen LogP contribution is 2.35. The summed E-state index contributed by atoms with van der Waals surface area (Å²) in [4.78, 5) is 39.4. The van der Waals surface area contributed by atoms with Gasteiger partial charge in [0.25, 0.3) is 11.1 Å². The number of thioether (sulfide) groups is 1. The number of hydrogen-bond donors (Lipinski definition) is 1. The molecule has 2 aliphatic rings. The molecule has 0 aliphatic carbocycles. The molecule has 34 heavy (non-hydrogen) atoms. The molecule has 2 aromatic carbocycles. The lowest BCUT2D eigenvalue weighted by Gasteiger charge is -2.19. The van der Waals surface area contributed by atoms with Gasteiger partial charge in [-0.15, -0.1) is 0 Å². The molecule has 9 heteroatoms. The van der Waals surface area contributed by atoms with Gasteiger partial charge in [0.15, 0.2) is 11.5 Å². The minimum atomic E-state index is -0.478. The number of ether oxygens (including phenoxy) is 2. The summed E-state index contributed by atoms with van der Waals surface area (Å²) in [5.74, 6) is 0.197. The van der Waals surface area contributed by atoms with Crippen LogP contribution in [0.2, 0.25) is 0 Å². The van der Waals surface area contributed by atoms with Crippen molar-refractivity contribution >= 4 is 51.5 Å². The van der Waals surface area contributed by atoms with Crippen LogP contribution >= 0.6 is 11.8 Å². The van der Waals surface area contributed by atoms with Crippen LogP contribution in [0, 0.1) is 0 Å². The molecule has 0 bridgehead atoms. The van der Waals surface area contributed by atoms with Crippen molar-refractivity contribution in [2.24, 2.45) is 0 Å². The van der Waals surface area contributed by atoms with Crippen molar-refractivity contribution in [3.63, 3.8) is 0 Å². The number of anilines is 1. The van der Waals surface area contributed by atoms with Crippen LogP contribution < -0.4 is 14.8 Å². The fourth-order valence-electron chi connectivity index (χ4n) is 4.02. The molecule has 0 atom stereocenters. The smallest absolute Gasteiger partial charge is 0.294 e. The third-order valence-corrected chi connectivity index (χ3v) is 6.52. The van der Waals surface area contributed by atoms with Gasteiger partial charge in [-0.2, -0.15) is 0 Å².